The first kappa shape index (κ1) is 23.5. The van der Waals surface area contributed by atoms with Crippen molar-refractivity contribution in [3.8, 4) is 0 Å². The van der Waals surface area contributed by atoms with E-state index in [0.29, 0.717) is 25.1 Å². The molecule has 0 saturated carbocycles. The number of halogens is 1. The minimum Gasteiger partial charge on any atom is -0.376 e. The zero-order valence-electron chi connectivity index (χ0n) is 17.8. The van der Waals surface area contributed by atoms with E-state index >= 15 is 0 Å². The molecule has 9 heteroatoms. The minimum atomic E-state index is -0.632. The van der Waals surface area contributed by atoms with Crippen LogP contribution in [-0.2, 0) is 20.9 Å². The fourth-order valence-corrected chi connectivity index (χ4v) is 4.87. The van der Waals surface area contributed by atoms with Crippen molar-refractivity contribution in [1.82, 2.24) is 15.5 Å². The number of rotatable bonds is 10. The van der Waals surface area contributed by atoms with Gasteiger partial charge in [0.15, 0.2) is 0 Å². The van der Waals surface area contributed by atoms with Crippen molar-refractivity contribution in [3.63, 3.8) is 0 Å². The monoisotopic (exact) mass is 540 g/mol. The Bertz CT molecular complexity index is 873. The van der Waals surface area contributed by atoms with E-state index in [2.05, 4.69) is 45.5 Å². The number of fused-ring (bicyclic) bond motifs is 1. The number of benzene rings is 1. The molecule has 2 aliphatic heterocycles. The van der Waals surface area contributed by atoms with E-state index in [1.165, 1.54) is 24.2 Å². The summed E-state index contributed by atoms with van der Waals surface area (Å²) in [6.07, 6.45) is 6.32. The van der Waals surface area contributed by atoms with Crippen LogP contribution in [0.15, 0.2) is 12.1 Å². The smallest absolute Gasteiger partial charge is 0.256 e. The van der Waals surface area contributed by atoms with E-state index in [-0.39, 0.29) is 30.7 Å². The van der Waals surface area contributed by atoms with Gasteiger partial charge in [-0.2, -0.15) is 0 Å². The van der Waals surface area contributed by atoms with Crippen molar-refractivity contribution in [2.45, 2.75) is 64.5 Å². The number of nitrogens with one attached hydrogen (secondary N) is 3. The fraction of sp³-hybridized carbons (Fsp3) is 0.545. The Morgan fingerprint density at radius 3 is 2.71 bits per heavy atom. The number of amides is 4. The molecule has 1 atom stereocenters. The molecule has 2 heterocycles. The second-order valence-electron chi connectivity index (χ2n) is 8.01. The number of piperidine rings is 1. The molecule has 1 aromatic rings. The Morgan fingerprint density at radius 2 is 1.97 bits per heavy atom. The lowest BCUT2D eigenvalue weighted by Crippen LogP contribution is -2.52. The van der Waals surface area contributed by atoms with Crippen molar-refractivity contribution in [3.05, 3.63) is 26.8 Å². The number of imide groups is 1. The van der Waals surface area contributed by atoms with Gasteiger partial charge in [-0.1, -0.05) is 32.6 Å². The lowest BCUT2D eigenvalue weighted by atomic mass is 10.0. The Hall–Kier alpha value is -2.17. The Morgan fingerprint density at radius 1 is 1.19 bits per heavy atom. The van der Waals surface area contributed by atoms with Gasteiger partial charge < -0.3 is 15.5 Å². The van der Waals surface area contributed by atoms with Crippen LogP contribution in [-0.4, -0.2) is 47.7 Å². The van der Waals surface area contributed by atoms with Gasteiger partial charge in [0.25, 0.3) is 5.91 Å². The van der Waals surface area contributed by atoms with E-state index < -0.39 is 11.9 Å². The molecule has 8 nitrogen and oxygen atoms in total. The highest BCUT2D eigenvalue weighted by atomic mass is 127. The van der Waals surface area contributed by atoms with E-state index in [9.17, 15) is 19.2 Å². The van der Waals surface area contributed by atoms with E-state index in [1.54, 1.807) is 0 Å². The molecule has 1 fully saturated rings. The number of hydrogen-bond donors (Lipinski definition) is 3. The predicted molar refractivity (Wildman–Crippen MR) is 125 cm³/mol. The first-order chi connectivity index (χ1) is 14.9. The quantitative estimate of drug-likeness (QED) is 0.240. The van der Waals surface area contributed by atoms with Gasteiger partial charge in [-0.3, -0.25) is 24.5 Å². The summed E-state index contributed by atoms with van der Waals surface area (Å²) in [5, 5.41) is 8.37. The van der Waals surface area contributed by atoms with Crippen molar-refractivity contribution in [2.75, 3.05) is 18.4 Å². The van der Waals surface area contributed by atoms with Gasteiger partial charge in [0.2, 0.25) is 17.7 Å². The Balaban J connectivity index is 1.54. The average molecular weight is 540 g/mol. The third-order valence-corrected chi connectivity index (χ3v) is 6.48. The van der Waals surface area contributed by atoms with Gasteiger partial charge in [0.1, 0.15) is 6.04 Å². The molecule has 0 radical (unpaired) electrons. The van der Waals surface area contributed by atoms with Crippen LogP contribution < -0.4 is 16.0 Å². The molecule has 1 aromatic carbocycles. The van der Waals surface area contributed by atoms with Gasteiger partial charge >= 0.3 is 0 Å². The summed E-state index contributed by atoms with van der Waals surface area (Å²) in [5.74, 6) is -0.976. The van der Waals surface area contributed by atoms with Crippen molar-refractivity contribution >= 4 is 51.9 Å². The molecule has 3 rings (SSSR count). The molecule has 0 aromatic heterocycles. The molecule has 168 valence electrons. The van der Waals surface area contributed by atoms with Crippen LogP contribution in [0.2, 0.25) is 0 Å². The lowest BCUT2D eigenvalue weighted by molar-refractivity contribution is -0.137. The summed E-state index contributed by atoms with van der Waals surface area (Å²) < 4.78 is 0.772. The van der Waals surface area contributed by atoms with E-state index in [0.717, 1.165) is 27.7 Å². The van der Waals surface area contributed by atoms with Crippen molar-refractivity contribution < 1.29 is 19.2 Å². The van der Waals surface area contributed by atoms with Crippen molar-refractivity contribution in [1.29, 1.82) is 0 Å². The second-order valence-corrected chi connectivity index (χ2v) is 9.17. The van der Waals surface area contributed by atoms with Crippen LogP contribution in [0, 0.1) is 3.57 Å². The molecule has 0 aliphatic carbocycles. The highest BCUT2D eigenvalue weighted by Crippen LogP contribution is 2.33. The van der Waals surface area contributed by atoms with Crippen LogP contribution in [0.1, 0.15) is 67.8 Å². The molecular formula is C22H29IN4O4. The van der Waals surface area contributed by atoms with Gasteiger partial charge in [-0.15, -0.1) is 0 Å². The summed E-state index contributed by atoms with van der Waals surface area (Å²) in [6, 6.07) is 3.07. The maximum atomic E-state index is 12.9. The van der Waals surface area contributed by atoms with E-state index in [4.69, 9.17) is 0 Å². The molecule has 4 amide bonds. The first-order valence-corrected chi connectivity index (χ1v) is 12.0. The fourth-order valence-electron chi connectivity index (χ4n) is 3.96. The SMILES string of the molecule is CCCCCCCNC(=O)CNc1cc(I)c2c(c1)CN(C1CCC(=O)NC1=O)C2=O. The van der Waals surface area contributed by atoms with Crippen LogP contribution in [0.5, 0.6) is 0 Å². The standard InChI is InChI=1S/C22H29IN4O4/c1-2-3-4-5-6-9-24-19(29)12-25-15-10-14-13-27(22(31)20(14)16(23)11-15)17-7-8-18(28)26-21(17)30/h10-11,17,25H,2-9,12-13H2,1H3,(H,24,29)(H,26,28,30). The maximum absolute atomic E-state index is 12.9. The van der Waals surface area contributed by atoms with Crippen LogP contribution in [0.4, 0.5) is 5.69 Å². The molecule has 31 heavy (non-hydrogen) atoms. The first-order valence-electron chi connectivity index (χ1n) is 10.9. The summed E-state index contributed by atoms with van der Waals surface area (Å²) in [4.78, 5) is 50.1. The highest BCUT2D eigenvalue weighted by molar-refractivity contribution is 14.1. The Labute approximate surface area is 196 Å². The van der Waals surface area contributed by atoms with Crippen molar-refractivity contribution in [2.24, 2.45) is 0 Å². The summed E-state index contributed by atoms with van der Waals surface area (Å²) >= 11 is 2.11. The lowest BCUT2D eigenvalue weighted by Gasteiger charge is -2.29. The highest BCUT2D eigenvalue weighted by Gasteiger charge is 2.40. The number of carbonyl (C=O) groups is 4. The zero-order chi connectivity index (χ0) is 22.4. The largest absolute Gasteiger partial charge is 0.376 e. The van der Waals surface area contributed by atoms with Gasteiger partial charge in [0.05, 0.1) is 12.1 Å². The summed E-state index contributed by atoms with van der Waals surface area (Å²) in [6.45, 7) is 3.34. The summed E-state index contributed by atoms with van der Waals surface area (Å²) in [5.41, 5.74) is 2.17. The molecule has 1 saturated heterocycles. The number of nitrogens with zero attached hydrogens (tertiary/aromatic N) is 1. The number of anilines is 1. The molecule has 2 aliphatic rings. The number of hydrogen-bond acceptors (Lipinski definition) is 5. The maximum Gasteiger partial charge on any atom is 0.256 e. The van der Waals surface area contributed by atoms with E-state index in [1.807, 2.05) is 12.1 Å². The van der Waals surface area contributed by atoms with Gasteiger partial charge in [-0.05, 0) is 53.1 Å². The van der Waals surface area contributed by atoms with Gasteiger partial charge in [-0.25, -0.2) is 0 Å². The summed E-state index contributed by atoms with van der Waals surface area (Å²) in [7, 11) is 0. The number of unbranched alkanes of at least 4 members (excludes halogenated alkanes) is 4. The normalized spacial score (nSPS) is 18.1. The third kappa shape index (κ3) is 5.96. The predicted octanol–water partition coefficient (Wildman–Crippen LogP) is 2.55. The van der Waals surface area contributed by atoms with Gasteiger partial charge in [0, 0.05) is 28.8 Å². The van der Waals surface area contributed by atoms with Crippen LogP contribution >= 0.6 is 22.6 Å². The third-order valence-electron chi connectivity index (χ3n) is 5.63. The van der Waals surface area contributed by atoms with Crippen LogP contribution in [0.25, 0.3) is 0 Å². The molecular weight excluding hydrogens is 511 g/mol. The molecule has 0 spiro atoms. The molecule has 3 N–H and O–H groups in total. The Kier molecular flexibility index (Phi) is 8.28. The molecule has 0 bridgehead atoms. The van der Waals surface area contributed by atoms with Crippen LogP contribution in [0.3, 0.4) is 0 Å². The number of carbonyl (C=O) groups excluding carboxylic acids is 4. The second kappa shape index (κ2) is 10.9. The zero-order valence-corrected chi connectivity index (χ0v) is 19.9. The minimum absolute atomic E-state index is 0.0627. The average Bonchev–Trinajstić information content (AvgIpc) is 3.05. The molecule has 1 unspecified atom stereocenters. The topological polar surface area (TPSA) is 108 Å².